The van der Waals surface area contributed by atoms with E-state index in [1.54, 1.807) is 6.20 Å². The quantitative estimate of drug-likeness (QED) is 0.818. The Morgan fingerprint density at radius 1 is 1.43 bits per heavy atom. The van der Waals surface area contributed by atoms with Gasteiger partial charge in [-0.1, -0.05) is 0 Å². The molecule has 0 amide bonds. The van der Waals surface area contributed by atoms with Gasteiger partial charge in [0.1, 0.15) is 0 Å². The summed E-state index contributed by atoms with van der Waals surface area (Å²) < 4.78 is 0. The Labute approximate surface area is 102 Å². The molecule has 0 saturated carbocycles. The van der Waals surface area contributed by atoms with Gasteiger partial charge in [-0.2, -0.15) is 11.8 Å². The second-order valence-electron chi connectivity index (χ2n) is 2.51. The van der Waals surface area contributed by atoms with Crippen LogP contribution in [0.4, 0.5) is 5.69 Å². The van der Waals surface area contributed by atoms with Gasteiger partial charge in [-0.25, -0.2) is 0 Å². The van der Waals surface area contributed by atoms with Crippen molar-refractivity contribution in [1.29, 1.82) is 0 Å². The van der Waals surface area contributed by atoms with Gasteiger partial charge in [-0.05, 0) is 30.6 Å². The van der Waals surface area contributed by atoms with Crippen LogP contribution in [-0.4, -0.2) is 23.5 Å². The first kappa shape index (κ1) is 16.3. The van der Waals surface area contributed by atoms with Gasteiger partial charge in [-0.3, -0.25) is 4.98 Å². The maximum Gasteiger partial charge on any atom is 0.0526 e. The lowest BCUT2D eigenvalue weighted by Crippen LogP contribution is -2.02. The molecule has 0 saturated heterocycles. The first-order chi connectivity index (χ1) is 5.93. The molecule has 1 heterocycles. The molecule has 0 bridgehead atoms. The Balaban J connectivity index is 0. The molecule has 1 rings (SSSR count). The number of aromatic nitrogens is 1. The summed E-state index contributed by atoms with van der Waals surface area (Å²) in [4.78, 5) is 4.02. The van der Waals surface area contributed by atoms with Crippen LogP contribution in [0.1, 0.15) is 6.42 Å². The van der Waals surface area contributed by atoms with E-state index in [1.165, 1.54) is 12.2 Å². The smallest absolute Gasteiger partial charge is 0.0526 e. The van der Waals surface area contributed by atoms with Crippen LogP contribution < -0.4 is 5.32 Å². The number of pyridine rings is 1. The van der Waals surface area contributed by atoms with Crippen LogP contribution in [-0.2, 0) is 0 Å². The van der Waals surface area contributed by atoms with Crippen molar-refractivity contribution in [1.82, 2.24) is 4.98 Å². The summed E-state index contributed by atoms with van der Waals surface area (Å²) >= 11 is 1.88. The van der Waals surface area contributed by atoms with Crippen LogP contribution >= 0.6 is 36.6 Å². The van der Waals surface area contributed by atoms with E-state index in [-0.39, 0.29) is 24.8 Å². The molecule has 1 aromatic rings. The predicted molar refractivity (Wildman–Crippen MR) is 70.2 cm³/mol. The summed E-state index contributed by atoms with van der Waals surface area (Å²) in [6, 6.07) is 3.98. The van der Waals surface area contributed by atoms with Gasteiger partial charge >= 0.3 is 0 Å². The Bertz CT molecular complexity index is 209. The van der Waals surface area contributed by atoms with E-state index in [0.717, 1.165) is 12.2 Å². The van der Waals surface area contributed by atoms with Gasteiger partial charge in [0.05, 0.1) is 5.69 Å². The number of anilines is 1. The fourth-order valence-corrected chi connectivity index (χ4v) is 1.35. The van der Waals surface area contributed by atoms with Crippen molar-refractivity contribution in [2.45, 2.75) is 6.42 Å². The molecule has 0 aromatic carbocycles. The van der Waals surface area contributed by atoms with Crippen LogP contribution in [0.2, 0.25) is 0 Å². The molecule has 0 radical (unpaired) electrons. The van der Waals surface area contributed by atoms with Crippen molar-refractivity contribution in [3.8, 4) is 0 Å². The summed E-state index contributed by atoms with van der Waals surface area (Å²) in [6.45, 7) is 1.03. The molecule has 0 aliphatic heterocycles. The third-order valence-corrected chi connectivity index (χ3v) is 2.21. The number of hydrogen-bond donors (Lipinski definition) is 1. The Kier molecular flexibility index (Phi) is 12.8. The number of nitrogens with one attached hydrogen (secondary N) is 1. The molecule has 5 heteroatoms. The lowest BCUT2D eigenvalue weighted by molar-refractivity contribution is 0.991. The molecule has 2 nitrogen and oxygen atoms in total. The van der Waals surface area contributed by atoms with Gasteiger partial charge in [-0.15, -0.1) is 24.8 Å². The van der Waals surface area contributed by atoms with E-state index in [4.69, 9.17) is 0 Å². The lowest BCUT2D eigenvalue weighted by atomic mass is 10.4. The first-order valence-corrected chi connectivity index (χ1v) is 5.45. The summed E-state index contributed by atoms with van der Waals surface area (Å²) in [7, 11) is 0. The van der Waals surface area contributed by atoms with E-state index in [9.17, 15) is 0 Å². The largest absolute Gasteiger partial charge is 0.384 e. The normalized spacial score (nSPS) is 8.36. The van der Waals surface area contributed by atoms with Gasteiger partial charge < -0.3 is 5.32 Å². The molecule has 0 aliphatic rings. The van der Waals surface area contributed by atoms with Crippen molar-refractivity contribution in [2.75, 3.05) is 23.9 Å². The van der Waals surface area contributed by atoms with Gasteiger partial charge in [0, 0.05) is 18.9 Å². The zero-order chi connectivity index (χ0) is 8.65. The van der Waals surface area contributed by atoms with E-state index < -0.39 is 0 Å². The maximum absolute atomic E-state index is 4.02. The number of hydrogen-bond acceptors (Lipinski definition) is 3. The highest BCUT2D eigenvalue weighted by atomic mass is 35.5. The van der Waals surface area contributed by atoms with Crippen molar-refractivity contribution in [2.24, 2.45) is 0 Å². The summed E-state index contributed by atoms with van der Waals surface area (Å²) in [5.41, 5.74) is 1.11. The highest BCUT2D eigenvalue weighted by Crippen LogP contribution is 2.03. The summed E-state index contributed by atoms with van der Waals surface area (Å²) in [5, 5.41) is 3.30. The van der Waals surface area contributed by atoms with Crippen LogP contribution in [0, 0.1) is 0 Å². The molecule has 0 unspecified atom stereocenters. The molecule has 1 N–H and O–H groups in total. The Morgan fingerprint density at radius 2 is 2.21 bits per heavy atom. The molecule has 0 atom stereocenters. The molecular formula is C9H16Cl2N2S. The van der Waals surface area contributed by atoms with Crippen LogP contribution in [0.5, 0.6) is 0 Å². The fourth-order valence-electron chi connectivity index (χ4n) is 0.917. The minimum absolute atomic E-state index is 0. The monoisotopic (exact) mass is 254 g/mol. The average Bonchev–Trinajstić information content (AvgIpc) is 2.14. The molecule has 14 heavy (non-hydrogen) atoms. The summed E-state index contributed by atoms with van der Waals surface area (Å²) in [6.07, 6.45) is 6.96. The van der Waals surface area contributed by atoms with Crippen LogP contribution in [0.15, 0.2) is 24.5 Å². The highest BCUT2D eigenvalue weighted by Gasteiger charge is 1.88. The first-order valence-electron chi connectivity index (χ1n) is 4.06. The Hall–Kier alpha value is -0.120. The van der Waals surface area contributed by atoms with E-state index in [2.05, 4.69) is 16.6 Å². The van der Waals surface area contributed by atoms with E-state index in [0.29, 0.717) is 0 Å². The van der Waals surface area contributed by atoms with Crippen LogP contribution in [0.25, 0.3) is 0 Å². The second-order valence-corrected chi connectivity index (χ2v) is 3.50. The Morgan fingerprint density at radius 3 is 2.79 bits per heavy atom. The number of halogens is 2. The minimum atomic E-state index is 0. The third kappa shape index (κ3) is 7.30. The molecule has 1 aromatic heterocycles. The van der Waals surface area contributed by atoms with Crippen molar-refractivity contribution in [3.63, 3.8) is 0 Å². The highest BCUT2D eigenvalue weighted by molar-refractivity contribution is 7.98. The van der Waals surface area contributed by atoms with Crippen LogP contribution in [0.3, 0.4) is 0 Å². The molecule has 82 valence electrons. The molecule has 0 aliphatic carbocycles. The topological polar surface area (TPSA) is 24.9 Å². The number of thioether (sulfide) groups is 1. The van der Waals surface area contributed by atoms with Crippen molar-refractivity contribution >= 4 is 42.3 Å². The van der Waals surface area contributed by atoms with Crippen molar-refractivity contribution in [3.05, 3.63) is 24.5 Å². The van der Waals surface area contributed by atoms with E-state index in [1.807, 2.05) is 30.1 Å². The predicted octanol–water partition coefficient (Wildman–Crippen LogP) is 3.09. The van der Waals surface area contributed by atoms with E-state index >= 15 is 0 Å². The molecule has 0 fully saturated rings. The maximum atomic E-state index is 4.02. The SMILES string of the molecule is CSCCCNc1cccnc1.Cl.Cl. The van der Waals surface area contributed by atoms with Gasteiger partial charge in [0.2, 0.25) is 0 Å². The lowest BCUT2D eigenvalue weighted by Gasteiger charge is -2.03. The van der Waals surface area contributed by atoms with Gasteiger partial charge in [0.15, 0.2) is 0 Å². The molecular weight excluding hydrogens is 239 g/mol. The number of nitrogens with zero attached hydrogens (tertiary/aromatic N) is 1. The standard InChI is InChI=1S/C9H14N2S.2ClH/c1-12-7-3-6-11-9-4-2-5-10-8-9;;/h2,4-5,8,11H,3,6-7H2,1H3;2*1H. The second kappa shape index (κ2) is 11.0. The van der Waals surface area contributed by atoms with Gasteiger partial charge in [0.25, 0.3) is 0 Å². The van der Waals surface area contributed by atoms with Crippen molar-refractivity contribution < 1.29 is 0 Å². The number of rotatable bonds is 5. The third-order valence-electron chi connectivity index (χ3n) is 1.52. The minimum Gasteiger partial charge on any atom is -0.384 e. The average molecular weight is 255 g/mol. The zero-order valence-corrected chi connectivity index (χ0v) is 10.6. The summed E-state index contributed by atoms with van der Waals surface area (Å²) in [5.74, 6) is 1.22. The zero-order valence-electron chi connectivity index (χ0n) is 8.10. The fraction of sp³-hybridized carbons (Fsp3) is 0.444. The molecule has 0 spiro atoms.